The molecule has 19 heavy (non-hydrogen) atoms. The Kier molecular flexibility index (Phi) is 4.79. The van der Waals surface area contributed by atoms with Crippen molar-refractivity contribution in [3.05, 3.63) is 12.0 Å². The maximum Gasteiger partial charge on any atom is 0.394 e. The molecule has 1 aromatic heterocycles. The number of nitrogens with zero attached hydrogens (tertiary/aromatic N) is 1. The fourth-order valence-corrected chi connectivity index (χ4v) is 2.19. The fourth-order valence-electron chi connectivity index (χ4n) is 2.19. The summed E-state index contributed by atoms with van der Waals surface area (Å²) in [6.07, 6.45) is 6.45. The molecular formula is C13H20N2O4. The minimum absolute atomic E-state index is 0.0135. The molecule has 106 valence electrons. The van der Waals surface area contributed by atoms with Crippen LogP contribution in [-0.4, -0.2) is 29.7 Å². The summed E-state index contributed by atoms with van der Waals surface area (Å²) >= 11 is 0. The zero-order chi connectivity index (χ0) is 13.7. The minimum Gasteiger partial charge on any atom is -0.461 e. The smallest absolute Gasteiger partial charge is 0.394 e. The lowest BCUT2D eigenvalue weighted by molar-refractivity contribution is 0.0518. The van der Waals surface area contributed by atoms with E-state index in [4.69, 9.17) is 19.6 Å². The van der Waals surface area contributed by atoms with Gasteiger partial charge in [-0.1, -0.05) is 12.8 Å². The lowest BCUT2D eigenvalue weighted by Crippen LogP contribution is -2.37. The van der Waals surface area contributed by atoms with Gasteiger partial charge in [-0.3, -0.25) is 0 Å². The van der Waals surface area contributed by atoms with Crippen molar-refractivity contribution in [3.63, 3.8) is 0 Å². The molecule has 0 bridgehead atoms. The van der Waals surface area contributed by atoms with Crippen LogP contribution in [0.5, 0.6) is 6.08 Å². The summed E-state index contributed by atoms with van der Waals surface area (Å²) < 4.78 is 15.6. The summed E-state index contributed by atoms with van der Waals surface area (Å²) in [6, 6.07) is -0.0135. The Hall–Kier alpha value is -1.56. The maximum absolute atomic E-state index is 11.4. The van der Waals surface area contributed by atoms with E-state index in [1.54, 1.807) is 6.92 Å². The molecule has 0 radical (unpaired) electrons. The molecule has 0 aromatic carbocycles. The van der Waals surface area contributed by atoms with Crippen molar-refractivity contribution in [2.45, 2.75) is 51.2 Å². The van der Waals surface area contributed by atoms with Gasteiger partial charge < -0.3 is 19.6 Å². The van der Waals surface area contributed by atoms with E-state index in [1.165, 1.54) is 12.7 Å². The Morgan fingerprint density at radius 3 is 3.05 bits per heavy atom. The molecule has 2 unspecified atom stereocenters. The average Bonchev–Trinajstić information content (AvgIpc) is 2.76. The van der Waals surface area contributed by atoms with Gasteiger partial charge in [-0.05, 0) is 26.2 Å². The quantitative estimate of drug-likeness (QED) is 0.662. The molecule has 1 fully saturated rings. The highest BCUT2D eigenvalue weighted by atomic mass is 16.6. The molecule has 6 heteroatoms. The van der Waals surface area contributed by atoms with E-state index in [1.807, 2.05) is 0 Å². The zero-order valence-corrected chi connectivity index (χ0v) is 11.1. The number of oxazole rings is 1. The molecule has 1 aliphatic carbocycles. The van der Waals surface area contributed by atoms with Gasteiger partial charge in [0.1, 0.15) is 12.4 Å². The molecular weight excluding hydrogens is 248 g/mol. The second-order valence-corrected chi connectivity index (χ2v) is 4.68. The number of rotatable bonds is 4. The summed E-state index contributed by atoms with van der Waals surface area (Å²) in [5.74, 6) is -0.508. The number of hydrogen-bond donors (Lipinski definition) is 1. The van der Waals surface area contributed by atoms with E-state index < -0.39 is 5.97 Å². The molecule has 2 N–H and O–H groups in total. The predicted octanol–water partition coefficient (Wildman–Crippen LogP) is 1.89. The Labute approximate surface area is 112 Å². The monoisotopic (exact) mass is 268 g/mol. The fraction of sp³-hybridized carbons (Fsp3) is 0.692. The molecule has 0 amide bonds. The van der Waals surface area contributed by atoms with E-state index >= 15 is 0 Å². The maximum atomic E-state index is 11.4. The second kappa shape index (κ2) is 6.56. The summed E-state index contributed by atoms with van der Waals surface area (Å²) in [7, 11) is 0. The van der Waals surface area contributed by atoms with Crippen molar-refractivity contribution in [2.75, 3.05) is 6.61 Å². The molecule has 2 rings (SSSR count). The van der Waals surface area contributed by atoms with Crippen LogP contribution in [0.3, 0.4) is 0 Å². The van der Waals surface area contributed by atoms with Crippen molar-refractivity contribution in [1.29, 1.82) is 0 Å². The molecule has 6 nitrogen and oxygen atoms in total. The number of carbonyl (C=O) groups excluding carboxylic acids is 1. The first-order valence-corrected chi connectivity index (χ1v) is 6.75. The molecule has 1 heterocycles. The van der Waals surface area contributed by atoms with Crippen LogP contribution in [0.4, 0.5) is 0 Å². The highest BCUT2D eigenvalue weighted by Gasteiger charge is 2.24. The van der Waals surface area contributed by atoms with Gasteiger partial charge in [0.2, 0.25) is 0 Å². The molecule has 1 aliphatic rings. The highest BCUT2D eigenvalue weighted by Crippen LogP contribution is 2.22. The lowest BCUT2D eigenvalue weighted by Gasteiger charge is -2.20. The molecule has 2 atom stereocenters. The highest BCUT2D eigenvalue weighted by molar-refractivity contribution is 5.86. The third-order valence-electron chi connectivity index (χ3n) is 3.22. The van der Waals surface area contributed by atoms with Gasteiger partial charge in [0, 0.05) is 6.04 Å². The van der Waals surface area contributed by atoms with Gasteiger partial charge >= 0.3 is 12.0 Å². The van der Waals surface area contributed by atoms with Crippen LogP contribution in [0.25, 0.3) is 0 Å². The number of carbonyl (C=O) groups is 1. The van der Waals surface area contributed by atoms with Crippen LogP contribution in [0.2, 0.25) is 0 Å². The van der Waals surface area contributed by atoms with Gasteiger partial charge in [-0.15, -0.1) is 0 Å². The van der Waals surface area contributed by atoms with Crippen LogP contribution in [0.1, 0.15) is 49.5 Å². The number of hydrogen-bond acceptors (Lipinski definition) is 6. The van der Waals surface area contributed by atoms with Crippen LogP contribution >= 0.6 is 0 Å². The second-order valence-electron chi connectivity index (χ2n) is 4.68. The standard InChI is InChI=1S/C13H20N2O4/c1-2-17-12(16)10-8-18-13(15-10)19-11-7-5-3-4-6-9(11)14/h8-9,11H,2-7,14H2,1H3. The van der Waals surface area contributed by atoms with E-state index in [-0.39, 0.29) is 23.9 Å². The van der Waals surface area contributed by atoms with Crippen LogP contribution < -0.4 is 10.5 Å². The Bertz CT molecular complexity index is 419. The van der Waals surface area contributed by atoms with Gasteiger partial charge in [0.25, 0.3) is 0 Å². The first-order valence-electron chi connectivity index (χ1n) is 6.75. The Morgan fingerprint density at radius 1 is 1.47 bits per heavy atom. The predicted molar refractivity (Wildman–Crippen MR) is 67.9 cm³/mol. The SMILES string of the molecule is CCOC(=O)c1coc(OC2CCCCCC2N)n1. The van der Waals surface area contributed by atoms with Crippen molar-refractivity contribution in [1.82, 2.24) is 4.98 Å². The normalized spacial score (nSPS) is 23.7. The Balaban J connectivity index is 1.96. The van der Waals surface area contributed by atoms with E-state index in [0.717, 1.165) is 25.7 Å². The van der Waals surface area contributed by atoms with Gasteiger partial charge in [-0.25, -0.2) is 4.79 Å². The molecule has 0 saturated heterocycles. The molecule has 1 saturated carbocycles. The first kappa shape index (κ1) is 13.9. The lowest BCUT2D eigenvalue weighted by atomic mass is 10.1. The van der Waals surface area contributed by atoms with Crippen molar-refractivity contribution < 1.29 is 18.7 Å². The number of esters is 1. The molecule has 0 spiro atoms. The topological polar surface area (TPSA) is 87.6 Å². The van der Waals surface area contributed by atoms with Gasteiger partial charge in [0.05, 0.1) is 6.61 Å². The van der Waals surface area contributed by atoms with E-state index in [0.29, 0.717) is 6.61 Å². The summed E-state index contributed by atoms with van der Waals surface area (Å²) in [6.45, 7) is 2.04. The summed E-state index contributed by atoms with van der Waals surface area (Å²) in [5, 5.41) is 0. The van der Waals surface area contributed by atoms with Crippen molar-refractivity contribution in [2.24, 2.45) is 5.73 Å². The minimum atomic E-state index is -0.508. The van der Waals surface area contributed by atoms with E-state index in [9.17, 15) is 4.79 Å². The number of ether oxygens (including phenoxy) is 2. The van der Waals surface area contributed by atoms with Crippen molar-refractivity contribution >= 4 is 5.97 Å². The van der Waals surface area contributed by atoms with Gasteiger partial charge in [0.15, 0.2) is 5.69 Å². The summed E-state index contributed by atoms with van der Waals surface area (Å²) in [5.41, 5.74) is 6.18. The largest absolute Gasteiger partial charge is 0.461 e. The van der Waals surface area contributed by atoms with Gasteiger partial charge in [-0.2, -0.15) is 4.98 Å². The Morgan fingerprint density at radius 2 is 2.26 bits per heavy atom. The first-order chi connectivity index (χ1) is 9.20. The van der Waals surface area contributed by atoms with Crippen LogP contribution in [0.15, 0.2) is 10.7 Å². The van der Waals surface area contributed by atoms with E-state index in [2.05, 4.69) is 4.98 Å². The zero-order valence-electron chi connectivity index (χ0n) is 11.1. The number of aromatic nitrogens is 1. The average molecular weight is 268 g/mol. The van der Waals surface area contributed by atoms with Crippen LogP contribution in [-0.2, 0) is 4.74 Å². The third-order valence-corrected chi connectivity index (χ3v) is 3.22. The summed E-state index contributed by atoms with van der Waals surface area (Å²) in [4.78, 5) is 15.4. The van der Waals surface area contributed by atoms with Crippen molar-refractivity contribution in [3.8, 4) is 6.08 Å². The molecule has 0 aliphatic heterocycles. The third kappa shape index (κ3) is 3.70. The van der Waals surface area contributed by atoms with Crippen LogP contribution in [0, 0.1) is 0 Å². The molecule has 1 aromatic rings. The number of nitrogens with two attached hydrogens (primary N) is 1.